The smallest absolute Gasteiger partial charge is 0.387 e. The number of carbonyl (C=O) groups is 2. The van der Waals surface area contributed by atoms with E-state index in [0.29, 0.717) is 5.56 Å². The monoisotopic (exact) mass is 401 g/mol. The Kier molecular flexibility index (Phi) is 6.57. The van der Waals surface area contributed by atoms with Crippen LogP contribution in [0, 0.1) is 0 Å². The van der Waals surface area contributed by atoms with E-state index in [9.17, 15) is 18.4 Å². The van der Waals surface area contributed by atoms with Crippen LogP contribution in [0.15, 0.2) is 77.4 Å². The highest BCUT2D eigenvalue weighted by Crippen LogP contribution is 2.25. The van der Waals surface area contributed by atoms with E-state index in [1.807, 2.05) is 18.2 Å². The van der Waals surface area contributed by atoms with E-state index < -0.39 is 31.1 Å². The molecule has 0 spiro atoms. The van der Waals surface area contributed by atoms with Gasteiger partial charge in [-0.15, -0.1) is 0 Å². The van der Waals surface area contributed by atoms with Crippen molar-refractivity contribution in [2.75, 3.05) is 6.61 Å². The third-order valence-electron chi connectivity index (χ3n) is 3.93. The zero-order valence-corrected chi connectivity index (χ0v) is 15.1. The van der Waals surface area contributed by atoms with Gasteiger partial charge >= 0.3 is 12.6 Å². The minimum Gasteiger partial charge on any atom is -0.457 e. The Labute approximate surface area is 165 Å². The second kappa shape index (κ2) is 9.50. The molecule has 0 radical (unpaired) electrons. The number of amides is 1. The van der Waals surface area contributed by atoms with Crippen molar-refractivity contribution in [2.45, 2.75) is 12.7 Å². The molecule has 2 aromatic carbocycles. The molecular formula is C21H17F2NO5. The van der Waals surface area contributed by atoms with E-state index in [0.717, 1.165) is 5.56 Å². The number of carbonyl (C=O) groups excluding carboxylic acids is 2. The number of furan rings is 1. The molecule has 1 amide bonds. The van der Waals surface area contributed by atoms with Gasteiger partial charge in [-0.25, -0.2) is 4.79 Å². The molecule has 0 aliphatic rings. The molecule has 1 N–H and O–H groups in total. The molecule has 0 saturated heterocycles. The molecule has 3 rings (SSSR count). The van der Waals surface area contributed by atoms with Crippen molar-refractivity contribution in [2.24, 2.45) is 0 Å². The predicted molar refractivity (Wildman–Crippen MR) is 98.5 cm³/mol. The minimum atomic E-state index is -2.92. The Balaban J connectivity index is 1.70. The van der Waals surface area contributed by atoms with Gasteiger partial charge in [0.05, 0.1) is 12.3 Å². The lowest BCUT2D eigenvalue weighted by molar-refractivity contribution is -0.124. The van der Waals surface area contributed by atoms with E-state index in [2.05, 4.69) is 10.1 Å². The maximum absolute atomic E-state index is 12.3. The summed E-state index contributed by atoms with van der Waals surface area (Å²) in [6, 6.07) is 17.4. The normalized spacial score (nSPS) is 11.7. The first-order chi connectivity index (χ1) is 14.0. The minimum absolute atomic E-state index is 0.00738. The molecule has 3 aromatic rings. The molecule has 0 unspecified atom stereocenters. The van der Waals surface area contributed by atoms with Gasteiger partial charge in [0.2, 0.25) is 5.76 Å². The van der Waals surface area contributed by atoms with Crippen molar-refractivity contribution in [1.29, 1.82) is 0 Å². The van der Waals surface area contributed by atoms with Crippen molar-refractivity contribution in [3.8, 4) is 5.75 Å². The fourth-order valence-corrected chi connectivity index (χ4v) is 2.65. The van der Waals surface area contributed by atoms with Crippen LogP contribution in [0.5, 0.6) is 5.75 Å². The summed E-state index contributed by atoms with van der Waals surface area (Å²) in [6.07, 6.45) is 1.32. The third kappa shape index (κ3) is 5.65. The van der Waals surface area contributed by atoms with Gasteiger partial charge in [0.25, 0.3) is 5.91 Å². The third-order valence-corrected chi connectivity index (χ3v) is 3.93. The summed E-state index contributed by atoms with van der Waals surface area (Å²) in [4.78, 5) is 24.1. The van der Waals surface area contributed by atoms with Crippen LogP contribution in [0.1, 0.15) is 27.7 Å². The highest BCUT2D eigenvalue weighted by molar-refractivity contribution is 5.88. The summed E-state index contributed by atoms with van der Waals surface area (Å²) in [7, 11) is 0. The summed E-state index contributed by atoms with van der Waals surface area (Å²) >= 11 is 0. The summed E-state index contributed by atoms with van der Waals surface area (Å²) in [6.45, 7) is -3.43. The van der Waals surface area contributed by atoms with Gasteiger partial charge in [0, 0.05) is 0 Å². The first-order valence-electron chi connectivity index (χ1n) is 8.62. The highest BCUT2D eigenvalue weighted by atomic mass is 19.3. The predicted octanol–water partition coefficient (Wildman–Crippen LogP) is 3.94. The van der Waals surface area contributed by atoms with Crippen LogP contribution in [0.3, 0.4) is 0 Å². The van der Waals surface area contributed by atoms with Crippen LogP contribution >= 0.6 is 0 Å². The maximum atomic E-state index is 12.3. The van der Waals surface area contributed by atoms with Gasteiger partial charge in [0.1, 0.15) is 5.75 Å². The average molecular weight is 401 g/mol. The van der Waals surface area contributed by atoms with E-state index >= 15 is 0 Å². The van der Waals surface area contributed by atoms with Crippen molar-refractivity contribution >= 4 is 11.9 Å². The second-order valence-corrected chi connectivity index (χ2v) is 5.91. The van der Waals surface area contributed by atoms with Crippen LogP contribution in [0.25, 0.3) is 0 Å². The zero-order chi connectivity index (χ0) is 20.6. The van der Waals surface area contributed by atoms with Crippen LogP contribution in [0.2, 0.25) is 0 Å². The average Bonchev–Trinajstić information content (AvgIpc) is 3.26. The summed E-state index contributed by atoms with van der Waals surface area (Å²) in [5, 5.41) is 2.77. The molecule has 0 aliphatic carbocycles. The van der Waals surface area contributed by atoms with Crippen molar-refractivity contribution in [1.82, 2.24) is 5.32 Å². The van der Waals surface area contributed by atoms with Crippen LogP contribution in [-0.4, -0.2) is 25.1 Å². The van der Waals surface area contributed by atoms with Crippen LogP contribution < -0.4 is 10.1 Å². The Hall–Kier alpha value is -3.68. The lowest BCUT2D eigenvalue weighted by atomic mass is 9.98. The largest absolute Gasteiger partial charge is 0.457 e. The van der Waals surface area contributed by atoms with Gasteiger partial charge in [-0.05, 0) is 35.4 Å². The quantitative estimate of drug-likeness (QED) is 0.579. The molecule has 0 bridgehead atoms. The molecule has 1 heterocycles. The molecule has 0 fully saturated rings. The van der Waals surface area contributed by atoms with E-state index in [1.54, 1.807) is 24.3 Å². The van der Waals surface area contributed by atoms with Gasteiger partial charge in [-0.1, -0.05) is 42.5 Å². The number of alkyl halides is 2. The highest BCUT2D eigenvalue weighted by Gasteiger charge is 2.19. The van der Waals surface area contributed by atoms with Gasteiger partial charge < -0.3 is 19.2 Å². The summed E-state index contributed by atoms with van der Waals surface area (Å²) < 4.78 is 38.9. The maximum Gasteiger partial charge on any atom is 0.387 e. The molecule has 1 aromatic heterocycles. The van der Waals surface area contributed by atoms with Gasteiger partial charge in [-0.3, -0.25) is 4.79 Å². The first kappa shape index (κ1) is 20.1. The Morgan fingerprint density at radius 3 is 2.24 bits per heavy atom. The molecule has 8 heteroatoms. The Bertz CT molecular complexity index is 927. The topological polar surface area (TPSA) is 77.8 Å². The molecule has 29 heavy (non-hydrogen) atoms. The standard InChI is InChI=1S/C21H17F2NO5/c22-21(23)29-16-10-8-15(9-11-16)19(14-5-2-1-3-6-14)24-18(25)13-28-20(26)17-7-4-12-27-17/h1-12,19,21H,13H2,(H,24,25)/t19-/m1/s1. The Morgan fingerprint density at radius 1 is 0.931 bits per heavy atom. The van der Waals surface area contributed by atoms with E-state index in [4.69, 9.17) is 9.15 Å². The van der Waals surface area contributed by atoms with E-state index in [-0.39, 0.29) is 11.5 Å². The van der Waals surface area contributed by atoms with Crippen molar-refractivity contribution in [3.05, 3.63) is 89.9 Å². The summed E-state index contributed by atoms with van der Waals surface area (Å²) in [5.41, 5.74) is 1.41. The molecule has 1 atom stereocenters. The number of ether oxygens (including phenoxy) is 2. The molecule has 6 nitrogen and oxygen atoms in total. The zero-order valence-electron chi connectivity index (χ0n) is 15.1. The number of nitrogens with one attached hydrogen (secondary N) is 1. The van der Waals surface area contributed by atoms with Crippen molar-refractivity contribution in [3.63, 3.8) is 0 Å². The fourth-order valence-electron chi connectivity index (χ4n) is 2.65. The molecular weight excluding hydrogens is 384 g/mol. The van der Waals surface area contributed by atoms with E-state index in [1.165, 1.54) is 30.5 Å². The van der Waals surface area contributed by atoms with Crippen LogP contribution in [-0.2, 0) is 9.53 Å². The molecule has 0 saturated carbocycles. The number of benzene rings is 2. The number of halogens is 2. The molecule has 150 valence electrons. The lowest BCUT2D eigenvalue weighted by Crippen LogP contribution is -2.33. The lowest BCUT2D eigenvalue weighted by Gasteiger charge is -2.20. The Morgan fingerprint density at radius 2 is 1.62 bits per heavy atom. The summed E-state index contributed by atoms with van der Waals surface area (Å²) in [5.74, 6) is -1.29. The molecule has 0 aliphatic heterocycles. The number of hydrogen-bond donors (Lipinski definition) is 1. The SMILES string of the molecule is O=C(COC(=O)c1ccco1)N[C@H](c1ccccc1)c1ccc(OC(F)F)cc1. The fraction of sp³-hybridized carbons (Fsp3) is 0.143. The van der Waals surface area contributed by atoms with Crippen molar-refractivity contribution < 1.29 is 32.3 Å². The number of esters is 1. The van der Waals surface area contributed by atoms with Crippen LogP contribution in [0.4, 0.5) is 8.78 Å². The first-order valence-corrected chi connectivity index (χ1v) is 8.62. The number of hydrogen-bond acceptors (Lipinski definition) is 5. The second-order valence-electron chi connectivity index (χ2n) is 5.91. The van der Waals surface area contributed by atoms with Gasteiger partial charge in [-0.2, -0.15) is 8.78 Å². The van der Waals surface area contributed by atoms with Gasteiger partial charge in [0.15, 0.2) is 6.61 Å². The number of rotatable bonds is 8.